The standard InChI is InChI=1S/C18H15ClN2O5/c19-14-7-6-13(10-15(14)21(24)25)20-16(22)11-26-17(23)18(8-9-18)12-4-2-1-3-5-12/h1-7,10H,8-9,11H2,(H,20,22). The molecule has 0 aliphatic heterocycles. The van der Waals surface area contributed by atoms with Gasteiger partial charge < -0.3 is 10.1 Å². The first-order chi connectivity index (χ1) is 12.4. The molecule has 8 heteroatoms. The van der Waals surface area contributed by atoms with E-state index in [4.69, 9.17) is 16.3 Å². The summed E-state index contributed by atoms with van der Waals surface area (Å²) < 4.78 is 5.15. The average Bonchev–Trinajstić information content (AvgIpc) is 3.44. The van der Waals surface area contributed by atoms with Crippen molar-refractivity contribution in [3.05, 3.63) is 69.2 Å². The highest BCUT2D eigenvalue weighted by Crippen LogP contribution is 2.49. The quantitative estimate of drug-likeness (QED) is 0.474. The number of esters is 1. The van der Waals surface area contributed by atoms with Crippen LogP contribution < -0.4 is 5.32 Å². The van der Waals surface area contributed by atoms with E-state index in [1.54, 1.807) is 0 Å². The van der Waals surface area contributed by atoms with Gasteiger partial charge in [-0.05, 0) is 30.5 Å². The van der Waals surface area contributed by atoms with Crippen molar-refractivity contribution in [1.29, 1.82) is 0 Å². The van der Waals surface area contributed by atoms with Gasteiger partial charge in [-0.3, -0.25) is 19.7 Å². The van der Waals surface area contributed by atoms with Crippen LogP contribution in [0.5, 0.6) is 0 Å². The Hall–Kier alpha value is -2.93. The second-order valence-corrected chi connectivity index (χ2v) is 6.40. The summed E-state index contributed by atoms with van der Waals surface area (Å²) in [6.45, 7) is -0.468. The maximum Gasteiger partial charge on any atom is 0.317 e. The van der Waals surface area contributed by atoms with Gasteiger partial charge in [0.25, 0.3) is 11.6 Å². The molecule has 2 aromatic carbocycles. The van der Waals surface area contributed by atoms with E-state index in [1.807, 2.05) is 30.3 Å². The summed E-state index contributed by atoms with van der Waals surface area (Å²) in [6.07, 6.45) is 1.36. The minimum atomic E-state index is -0.666. The van der Waals surface area contributed by atoms with Gasteiger partial charge in [0.2, 0.25) is 0 Å². The van der Waals surface area contributed by atoms with E-state index in [2.05, 4.69) is 5.32 Å². The average molecular weight is 375 g/mol. The number of benzene rings is 2. The molecule has 0 heterocycles. The third-order valence-corrected chi connectivity index (χ3v) is 4.55. The summed E-state index contributed by atoms with van der Waals surface area (Å²) in [5, 5.41) is 13.3. The number of nitrogens with one attached hydrogen (secondary N) is 1. The predicted octanol–water partition coefficient (Wildman–Crippen LogP) is 3.46. The van der Waals surface area contributed by atoms with E-state index >= 15 is 0 Å². The normalized spacial score (nSPS) is 14.3. The molecule has 1 N–H and O–H groups in total. The van der Waals surface area contributed by atoms with Crippen molar-refractivity contribution in [2.24, 2.45) is 0 Å². The van der Waals surface area contributed by atoms with Gasteiger partial charge in [-0.15, -0.1) is 0 Å². The number of hydrogen-bond donors (Lipinski definition) is 1. The minimum Gasteiger partial charge on any atom is -0.455 e. The van der Waals surface area contributed by atoms with Crippen LogP contribution in [0.15, 0.2) is 48.5 Å². The Morgan fingerprint density at radius 1 is 1.19 bits per heavy atom. The first kappa shape index (κ1) is 17.9. The molecule has 1 aliphatic carbocycles. The highest BCUT2D eigenvalue weighted by molar-refractivity contribution is 6.32. The van der Waals surface area contributed by atoms with E-state index in [9.17, 15) is 19.7 Å². The van der Waals surface area contributed by atoms with Crippen LogP contribution in [0.3, 0.4) is 0 Å². The van der Waals surface area contributed by atoms with Gasteiger partial charge in [0.1, 0.15) is 5.02 Å². The Morgan fingerprint density at radius 2 is 1.88 bits per heavy atom. The maximum atomic E-state index is 12.4. The SMILES string of the molecule is O=C(COC(=O)C1(c2ccccc2)CC1)Nc1ccc(Cl)c([N+](=O)[O-])c1. The molecule has 26 heavy (non-hydrogen) atoms. The van der Waals surface area contributed by atoms with Crippen molar-refractivity contribution in [3.8, 4) is 0 Å². The van der Waals surface area contributed by atoms with E-state index < -0.39 is 28.8 Å². The second-order valence-electron chi connectivity index (χ2n) is 6.00. The Morgan fingerprint density at radius 3 is 2.50 bits per heavy atom. The third kappa shape index (κ3) is 3.67. The molecule has 0 radical (unpaired) electrons. The number of hydrogen-bond acceptors (Lipinski definition) is 5. The lowest BCUT2D eigenvalue weighted by Gasteiger charge is -2.14. The molecule has 0 aromatic heterocycles. The monoisotopic (exact) mass is 374 g/mol. The second kappa shape index (κ2) is 7.13. The molecule has 0 spiro atoms. The molecule has 1 fully saturated rings. The Labute approximate surface area is 154 Å². The van der Waals surface area contributed by atoms with Crippen molar-refractivity contribution in [1.82, 2.24) is 0 Å². The molecule has 0 bridgehead atoms. The number of nitro groups is 1. The highest BCUT2D eigenvalue weighted by atomic mass is 35.5. The number of nitro benzene ring substituents is 1. The number of anilines is 1. The largest absolute Gasteiger partial charge is 0.455 e. The van der Waals surface area contributed by atoms with Crippen LogP contribution in [-0.4, -0.2) is 23.4 Å². The lowest BCUT2D eigenvalue weighted by atomic mass is 9.96. The molecule has 7 nitrogen and oxygen atoms in total. The zero-order valence-corrected chi connectivity index (χ0v) is 14.4. The molecule has 1 saturated carbocycles. The fourth-order valence-corrected chi connectivity index (χ4v) is 2.88. The van der Waals surface area contributed by atoms with E-state index in [0.717, 1.165) is 11.6 Å². The number of carbonyl (C=O) groups is 2. The molecular weight excluding hydrogens is 360 g/mol. The summed E-state index contributed by atoms with van der Waals surface area (Å²) in [5.41, 5.74) is 0.0909. The van der Waals surface area contributed by atoms with Crippen molar-refractivity contribution >= 4 is 34.9 Å². The predicted molar refractivity (Wildman–Crippen MR) is 95.0 cm³/mol. The van der Waals surface area contributed by atoms with E-state index in [1.165, 1.54) is 12.1 Å². The number of amides is 1. The zero-order chi connectivity index (χ0) is 18.7. The van der Waals surface area contributed by atoms with E-state index in [0.29, 0.717) is 12.8 Å². The third-order valence-electron chi connectivity index (χ3n) is 4.23. The van der Waals surface area contributed by atoms with Crippen molar-refractivity contribution in [3.63, 3.8) is 0 Å². The Balaban J connectivity index is 1.59. The first-order valence-electron chi connectivity index (χ1n) is 7.89. The summed E-state index contributed by atoms with van der Waals surface area (Å²) in [7, 11) is 0. The topological polar surface area (TPSA) is 98.5 Å². The fraction of sp³-hybridized carbons (Fsp3) is 0.222. The van der Waals surface area contributed by atoms with Crippen LogP contribution in [0.25, 0.3) is 0 Å². The molecule has 3 rings (SSSR count). The van der Waals surface area contributed by atoms with Crippen LogP contribution in [0, 0.1) is 10.1 Å². The molecule has 0 saturated heterocycles. The number of nitrogens with zero attached hydrogens (tertiary/aromatic N) is 1. The molecule has 1 aliphatic rings. The van der Waals surface area contributed by atoms with Crippen LogP contribution in [0.2, 0.25) is 5.02 Å². The van der Waals surface area contributed by atoms with Crippen LogP contribution in [0.4, 0.5) is 11.4 Å². The summed E-state index contributed by atoms with van der Waals surface area (Å²) in [5.74, 6) is -1.03. The molecule has 1 amide bonds. The molecular formula is C18H15ClN2O5. The number of ether oxygens (including phenoxy) is 1. The summed E-state index contributed by atoms with van der Waals surface area (Å²) >= 11 is 5.72. The van der Waals surface area contributed by atoms with Gasteiger partial charge in [-0.25, -0.2) is 0 Å². The summed E-state index contributed by atoms with van der Waals surface area (Å²) in [6, 6.07) is 13.2. The lowest BCUT2D eigenvalue weighted by molar-refractivity contribution is -0.384. The first-order valence-corrected chi connectivity index (χ1v) is 8.27. The minimum absolute atomic E-state index is 0.0297. The number of halogens is 1. The number of rotatable bonds is 6. The number of carbonyl (C=O) groups excluding carboxylic acids is 2. The van der Waals surface area contributed by atoms with Crippen molar-refractivity contribution in [2.75, 3.05) is 11.9 Å². The van der Waals surface area contributed by atoms with Crippen LogP contribution in [-0.2, 0) is 19.7 Å². The Kier molecular flexibility index (Phi) is 4.90. The lowest BCUT2D eigenvalue weighted by Crippen LogP contribution is -2.28. The summed E-state index contributed by atoms with van der Waals surface area (Å²) in [4.78, 5) is 34.6. The van der Waals surface area contributed by atoms with Gasteiger partial charge in [-0.1, -0.05) is 41.9 Å². The van der Waals surface area contributed by atoms with Gasteiger partial charge in [0.05, 0.1) is 10.3 Å². The zero-order valence-electron chi connectivity index (χ0n) is 13.6. The molecule has 0 unspecified atom stereocenters. The maximum absolute atomic E-state index is 12.4. The molecule has 134 valence electrons. The van der Waals surface area contributed by atoms with Crippen molar-refractivity contribution < 1.29 is 19.2 Å². The van der Waals surface area contributed by atoms with Gasteiger partial charge in [-0.2, -0.15) is 0 Å². The molecule has 0 atom stereocenters. The fourth-order valence-electron chi connectivity index (χ4n) is 2.69. The van der Waals surface area contributed by atoms with Gasteiger partial charge in [0, 0.05) is 11.8 Å². The van der Waals surface area contributed by atoms with Crippen LogP contribution in [0.1, 0.15) is 18.4 Å². The van der Waals surface area contributed by atoms with E-state index in [-0.39, 0.29) is 16.4 Å². The highest BCUT2D eigenvalue weighted by Gasteiger charge is 2.52. The van der Waals surface area contributed by atoms with Crippen molar-refractivity contribution in [2.45, 2.75) is 18.3 Å². The smallest absolute Gasteiger partial charge is 0.317 e. The molecule has 2 aromatic rings. The van der Waals surface area contributed by atoms with Gasteiger partial charge in [0.15, 0.2) is 6.61 Å². The van der Waals surface area contributed by atoms with Gasteiger partial charge >= 0.3 is 5.97 Å². The Bertz CT molecular complexity index is 865. The van der Waals surface area contributed by atoms with Crippen LogP contribution >= 0.6 is 11.6 Å².